The first-order valence-electron chi connectivity index (χ1n) is 5.66. The molecule has 2 aromatic heterocycles. The number of nitrogens with zero attached hydrogens (tertiary/aromatic N) is 2. The normalized spacial score (nSPS) is 10.0. The summed E-state index contributed by atoms with van der Waals surface area (Å²) in [5.74, 6) is 0.446. The van der Waals surface area contributed by atoms with Gasteiger partial charge in [0.15, 0.2) is 5.82 Å². The molecular formula is C13H14N4O. The van der Waals surface area contributed by atoms with E-state index in [-0.39, 0.29) is 5.91 Å². The van der Waals surface area contributed by atoms with Gasteiger partial charge in [-0.3, -0.25) is 14.9 Å². The van der Waals surface area contributed by atoms with Crippen molar-refractivity contribution >= 4 is 11.7 Å². The van der Waals surface area contributed by atoms with Crippen molar-refractivity contribution in [3.8, 4) is 11.3 Å². The van der Waals surface area contributed by atoms with E-state index in [2.05, 4.69) is 27.1 Å². The highest BCUT2D eigenvalue weighted by Gasteiger charge is 2.06. The first-order valence-corrected chi connectivity index (χ1v) is 5.66. The van der Waals surface area contributed by atoms with E-state index in [0.29, 0.717) is 18.7 Å². The van der Waals surface area contributed by atoms with Gasteiger partial charge in [0.1, 0.15) is 0 Å². The summed E-state index contributed by atoms with van der Waals surface area (Å²) in [6.07, 6.45) is 6.23. The molecule has 2 N–H and O–H groups in total. The number of carbonyl (C=O) groups excluding carboxylic acids is 1. The number of carbonyl (C=O) groups is 1. The summed E-state index contributed by atoms with van der Waals surface area (Å²) in [7, 11) is 0. The molecule has 0 bridgehead atoms. The Hall–Kier alpha value is -2.43. The Morgan fingerprint density at radius 1 is 1.56 bits per heavy atom. The lowest BCUT2D eigenvalue weighted by atomic mass is 10.2. The molecular weight excluding hydrogens is 228 g/mol. The average Bonchev–Trinajstić information content (AvgIpc) is 2.86. The van der Waals surface area contributed by atoms with Gasteiger partial charge in [-0.25, -0.2) is 0 Å². The molecule has 18 heavy (non-hydrogen) atoms. The second-order valence-corrected chi connectivity index (χ2v) is 3.78. The van der Waals surface area contributed by atoms with Crippen LogP contribution in [0.15, 0.2) is 43.2 Å². The lowest BCUT2D eigenvalue weighted by Gasteiger charge is -1.98. The maximum atomic E-state index is 11.5. The molecule has 0 spiro atoms. The van der Waals surface area contributed by atoms with Crippen LogP contribution in [0.1, 0.15) is 12.8 Å². The molecule has 2 rings (SSSR count). The van der Waals surface area contributed by atoms with Crippen molar-refractivity contribution in [2.45, 2.75) is 12.8 Å². The largest absolute Gasteiger partial charge is 0.309 e. The number of allylic oxidation sites excluding steroid dienone is 1. The standard InChI is InChI=1S/C13H14N4O/c1-2-3-6-13(18)15-12-8-11(16-17-12)10-5-4-7-14-9-10/h2,4-5,7-9H,1,3,6H2,(H2,15,16,17,18). The number of H-pyrrole nitrogens is 1. The van der Waals surface area contributed by atoms with E-state index < -0.39 is 0 Å². The molecule has 0 saturated carbocycles. The smallest absolute Gasteiger partial charge is 0.225 e. The number of nitrogens with one attached hydrogen (secondary N) is 2. The van der Waals surface area contributed by atoms with Crippen LogP contribution in [0.2, 0.25) is 0 Å². The quantitative estimate of drug-likeness (QED) is 0.791. The number of hydrogen-bond donors (Lipinski definition) is 2. The lowest BCUT2D eigenvalue weighted by Crippen LogP contribution is -2.10. The molecule has 0 aliphatic heterocycles. The third-order valence-corrected chi connectivity index (χ3v) is 2.39. The molecule has 2 heterocycles. The van der Waals surface area contributed by atoms with Crippen molar-refractivity contribution in [3.05, 3.63) is 43.2 Å². The number of aromatic amines is 1. The monoisotopic (exact) mass is 242 g/mol. The van der Waals surface area contributed by atoms with Crippen LogP contribution in [0.4, 0.5) is 5.82 Å². The summed E-state index contributed by atoms with van der Waals surface area (Å²) in [5.41, 5.74) is 1.75. The van der Waals surface area contributed by atoms with Crippen LogP contribution in [-0.2, 0) is 4.79 Å². The lowest BCUT2D eigenvalue weighted by molar-refractivity contribution is -0.116. The van der Waals surface area contributed by atoms with E-state index in [1.54, 1.807) is 24.5 Å². The van der Waals surface area contributed by atoms with Crippen molar-refractivity contribution in [1.82, 2.24) is 15.2 Å². The van der Waals surface area contributed by atoms with Crippen LogP contribution < -0.4 is 5.32 Å². The Labute approximate surface area is 105 Å². The van der Waals surface area contributed by atoms with Gasteiger partial charge in [0.2, 0.25) is 5.91 Å². The maximum absolute atomic E-state index is 11.5. The first-order chi connectivity index (χ1) is 8.79. The molecule has 0 aromatic carbocycles. The topological polar surface area (TPSA) is 70.7 Å². The number of pyridine rings is 1. The molecule has 2 aromatic rings. The Balaban J connectivity index is 2.02. The zero-order chi connectivity index (χ0) is 12.8. The van der Waals surface area contributed by atoms with Gasteiger partial charge in [-0.15, -0.1) is 6.58 Å². The fourth-order valence-corrected chi connectivity index (χ4v) is 1.49. The van der Waals surface area contributed by atoms with E-state index in [0.717, 1.165) is 11.3 Å². The summed E-state index contributed by atoms with van der Waals surface area (Å²) >= 11 is 0. The van der Waals surface area contributed by atoms with Crippen molar-refractivity contribution < 1.29 is 4.79 Å². The molecule has 0 fully saturated rings. The van der Waals surface area contributed by atoms with Crippen LogP contribution in [0, 0.1) is 0 Å². The highest BCUT2D eigenvalue weighted by molar-refractivity contribution is 5.90. The molecule has 1 amide bonds. The SMILES string of the molecule is C=CCCC(=O)Nc1cc(-c2cccnc2)[nH]n1. The van der Waals surface area contributed by atoms with Gasteiger partial charge in [0.05, 0.1) is 5.69 Å². The van der Waals surface area contributed by atoms with Gasteiger partial charge < -0.3 is 5.32 Å². The molecule has 0 radical (unpaired) electrons. The minimum atomic E-state index is -0.0702. The van der Waals surface area contributed by atoms with Crippen molar-refractivity contribution in [2.24, 2.45) is 0 Å². The van der Waals surface area contributed by atoms with Crippen molar-refractivity contribution in [2.75, 3.05) is 5.32 Å². The van der Waals surface area contributed by atoms with Gasteiger partial charge in [-0.05, 0) is 18.6 Å². The van der Waals surface area contributed by atoms with Gasteiger partial charge in [0.25, 0.3) is 0 Å². The van der Waals surface area contributed by atoms with Crippen LogP contribution in [0.3, 0.4) is 0 Å². The highest BCUT2D eigenvalue weighted by atomic mass is 16.1. The summed E-state index contributed by atoms with van der Waals surface area (Å²) in [6, 6.07) is 5.55. The van der Waals surface area contributed by atoms with E-state index in [9.17, 15) is 4.79 Å². The van der Waals surface area contributed by atoms with Gasteiger partial charge in [-0.1, -0.05) is 6.08 Å². The zero-order valence-electron chi connectivity index (χ0n) is 9.89. The van der Waals surface area contributed by atoms with Crippen molar-refractivity contribution in [3.63, 3.8) is 0 Å². The molecule has 0 saturated heterocycles. The Kier molecular flexibility index (Phi) is 3.86. The summed E-state index contributed by atoms with van der Waals surface area (Å²) < 4.78 is 0. The van der Waals surface area contributed by atoms with E-state index in [1.807, 2.05) is 12.1 Å². The summed E-state index contributed by atoms with van der Waals surface area (Å²) in [5, 5.41) is 9.61. The number of aromatic nitrogens is 3. The summed E-state index contributed by atoms with van der Waals surface area (Å²) in [6.45, 7) is 3.57. The zero-order valence-corrected chi connectivity index (χ0v) is 9.89. The van der Waals surface area contributed by atoms with E-state index in [4.69, 9.17) is 0 Å². The third kappa shape index (κ3) is 3.04. The molecule has 0 atom stereocenters. The first kappa shape index (κ1) is 12.0. The minimum Gasteiger partial charge on any atom is -0.309 e. The van der Waals surface area contributed by atoms with Crippen LogP contribution in [-0.4, -0.2) is 21.1 Å². The maximum Gasteiger partial charge on any atom is 0.225 e. The molecule has 92 valence electrons. The van der Waals surface area contributed by atoms with Gasteiger partial charge in [0, 0.05) is 30.4 Å². The van der Waals surface area contributed by atoms with Gasteiger partial charge in [-0.2, -0.15) is 5.10 Å². The predicted octanol–water partition coefficient (Wildman–Crippen LogP) is 2.38. The average molecular weight is 242 g/mol. The molecule has 5 nitrogen and oxygen atoms in total. The highest BCUT2D eigenvalue weighted by Crippen LogP contribution is 2.18. The number of amides is 1. The molecule has 0 unspecified atom stereocenters. The fraction of sp³-hybridized carbons (Fsp3) is 0.154. The molecule has 0 aliphatic carbocycles. The number of rotatable bonds is 5. The molecule has 5 heteroatoms. The number of hydrogen-bond acceptors (Lipinski definition) is 3. The Bertz CT molecular complexity index is 533. The Morgan fingerprint density at radius 2 is 2.44 bits per heavy atom. The summed E-state index contributed by atoms with van der Waals surface area (Å²) in [4.78, 5) is 15.5. The Morgan fingerprint density at radius 3 is 3.17 bits per heavy atom. The second-order valence-electron chi connectivity index (χ2n) is 3.78. The molecule has 0 aliphatic rings. The fourth-order valence-electron chi connectivity index (χ4n) is 1.49. The second kappa shape index (κ2) is 5.77. The van der Waals surface area contributed by atoms with Crippen LogP contribution in [0.5, 0.6) is 0 Å². The minimum absolute atomic E-state index is 0.0702. The van der Waals surface area contributed by atoms with E-state index >= 15 is 0 Å². The van der Waals surface area contributed by atoms with Crippen molar-refractivity contribution in [1.29, 1.82) is 0 Å². The third-order valence-electron chi connectivity index (χ3n) is 2.39. The number of anilines is 1. The van der Waals surface area contributed by atoms with Crippen LogP contribution in [0.25, 0.3) is 11.3 Å². The predicted molar refractivity (Wildman–Crippen MR) is 69.9 cm³/mol. The van der Waals surface area contributed by atoms with E-state index in [1.165, 1.54) is 0 Å². The van der Waals surface area contributed by atoms with Crippen LogP contribution >= 0.6 is 0 Å². The van der Waals surface area contributed by atoms with Gasteiger partial charge >= 0.3 is 0 Å².